The van der Waals surface area contributed by atoms with Gasteiger partial charge in [0.2, 0.25) is 40.7 Å². The van der Waals surface area contributed by atoms with Crippen LogP contribution in [0.2, 0.25) is 0 Å². The van der Waals surface area contributed by atoms with Crippen LogP contribution in [0.5, 0.6) is 23.3 Å². The minimum absolute atomic E-state index is 0.0426. The molecule has 2 aromatic heterocycles. The van der Waals surface area contributed by atoms with Crippen molar-refractivity contribution < 1.29 is 142 Å². The number of pyridine rings is 2. The van der Waals surface area contributed by atoms with Crippen molar-refractivity contribution in [3.8, 4) is 23.3 Å². The number of carboxylic acids is 1. The molecule has 122 heavy (non-hydrogen) atoms. The minimum Gasteiger partial charge on any atom is -0.497 e. The lowest BCUT2D eigenvalue weighted by Crippen LogP contribution is -2.49. The summed E-state index contributed by atoms with van der Waals surface area (Å²) < 4.78 is 193. The molecule has 4 saturated heterocycles. The van der Waals surface area contributed by atoms with Gasteiger partial charge in [-0.15, -0.1) is 0 Å². The first-order valence-corrected chi connectivity index (χ1v) is 43.7. The molecular formula is C83H110F6N6O25S2. The molecule has 39 heteroatoms. The van der Waals surface area contributed by atoms with E-state index in [2.05, 4.69) is 19.4 Å². The van der Waals surface area contributed by atoms with Gasteiger partial charge in [0.05, 0.1) is 86.1 Å². The van der Waals surface area contributed by atoms with Crippen molar-refractivity contribution in [2.75, 3.05) is 53.7 Å². The number of carboxylic acid groups (broad SMARTS) is 1. The van der Waals surface area contributed by atoms with Gasteiger partial charge in [-0.05, 0) is 209 Å². The third kappa shape index (κ3) is 23.8. The number of ether oxygens (including phenoxy) is 9. The third-order valence-corrected chi connectivity index (χ3v) is 26.2. The number of aromatic nitrogens is 2. The Morgan fingerprint density at radius 2 is 0.934 bits per heavy atom. The van der Waals surface area contributed by atoms with Crippen molar-refractivity contribution in [1.29, 1.82) is 0 Å². The number of carbonyl (C=O) groups excluding carboxylic acids is 8. The van der Waals surface area contributed by atoms with Crippen LogP contribution in [0.3, 0.4) is 0 Å². The van der Waals surface area contributed by atoms with Crippen LogP contribution in [-0.2, 0) is 91.0 Å². The van der Waals surface area contributed by atoms with Crippen LogP contribution < -0.4 is 28.4 Å². The molecule has 4 aliphatic carbocycles. The van der Waals surface area contributed by atoms with Gasteiger partial charge in [-0.25, -0.2) is 32.6 Å². The van der Waals surface area contributed by atoms with Gasteiger partial charge in [0.15, 0.2) is 11.6 Å². The summed E-state index contributed by atoms with van der Waals surface area (Å²) in [6.07, 6.45) is -4.86. The van der Waals surface area contributed by atoms with E-state index in [4.69, 9.17) is 51.4 Å². The van der Waals surface area contributed by atoms with Crippen LogP contribution in [0.15, 0.2) is 60.9 Å². The Morgan fingerprint density at radius 1 is 0.557 bits per heavy atom. The second-order valence-electron chi connectivity index (χ2n) is 35.4. The van der Waals surface area contributed by atoms with Gasteiger partial charge in [0.25, 0.3) is 0 Å². The van der Waals surface area contributed by atoms with Crippen molar-refractivity contribution in [2.24, 2.45) is 46.3 Å². The first-order valence-electron chi connectivity index (χ1n) is 40.9. The fourth-order valence-corrected chi connectivity index (χ4v) is 18.3. The van der Waals surface area contributed by atoms with Crippen molar-refractivity contribution in [1.82, 2.24) is 29.2 Å². The summed E-state index contributed by atoms with van der Waals surface area (Å²) in [5, 5.41) is 12.1. The van der Waals surface area contributed by atoms with Crippen LogP contribution in [0.1, 0.15) is 192 Å². The van der Waals surface area contributed by atoms with Gasteiger partial charge in [0, 0.05) is 75.3 Å². The zero-order valence-electron chi connectivity index (χ0n) is 70.6. The molecule has 31 nitrogen and oxygen atoms in total. The first kappa shape index (κ1) is 95.4. The Morgan fingerprint density at radius 3 is 1.29 bits per heavy atom. The number of amides is 4. The molecule has 0 bridgehead atoms. The summed E-state index contributed by atoms with van der Waals surface area (Å²) in [4.78, 5) is 131. The fourth-order valence-electron chi connectivity index (χ4n) is 16.0. The number of methoxy groups -OCH3 is 2. The monoisotopic (exact) mass is 1770 g/mol. The minimum atomic E-state index is -4.87. The smallest absolute Gasteiger partial charge is 0.427 e. The average Bonchev–Trinajstić information content (AvgIpc) is 1.58. The standard InChI is InChI=1S/C39H50F3N3O11S.C31H41N3O9S.C13H19F3O5/c1-6-25-20-38(25,35(49)44-57(50,51)56-37(4)12-13-37)21-31(46)30-18-27(54-33-28-8-7-26(52-5)17-24(28)9-14-43-33)22-45(30)34(48)29(23-10-15-53-16-11-23)19-32(47)55-36(2,3)39(40,41)42;1-7-20-16-31(20,27(36)33-44(38,39)43-30(5)11-12-30)17-25(35)24-15-22(18-34(24)28(37)42-29(2,3)4)41-26-23-9-8-21(40-6)14-19(23)10-13-32-26;1-12(2,13(14,15)16)21-10(17)7-9(11(18)19)8-3-5-20-6-4-8/h7-9,14,17,23,25,27,29-30H,6,10-13,15-16,18-22H2,1-5H3,(H,44,49);8-10,13-14,20,22,24H,7,11-12,15-18H2,1-6H3,(H,33,36);8-9H,3-7H2,1-2H3,(H,18,19)/t25-,27-,29+,30+,38-;20-,22-,24+,31-;9-/m110/s1. The molecular weight excluding hydrogens is 1660 g/mol. The number of ketones is 2. The molecule has 0 radical (unpaired) electrons. The maximum atomic E-state index is 14.7. The summed E-state index contributed by atoms with van der Waals surface area (Å²) in [6.45, 7) is 16.3. The number of alkyl halides is 6. The average molecular weight is 1770 g/mol. The highest BCUT2D eigenvalue weighted by Gasteiger charge is 2.64. The summed E-state index contributed by atoms with van der Waals surface area (Å²) in [7, 11) is -5.72. The molecule has 10 atom stereocenters. The number of nitrogens with one attached hydrogen (secondary N) is 2. The predicted molar refractivity (Wildman–Crippen MR) is 423 cm³/mol. The van der Waals surface area contributed by atoms with E-state index in [1.54, 1.807) is 78.3 Å². The van der Waals surface area contributed by atoms with Crippen LogP contribution >= 0.6 is 0 Å². The third-order valence-electron chi connectivity index (χ3n) is 24.1. The summed E-state index contributed by atoms with van der Waals surface area (Å²) in [5.74, 6) is -8.42. The molecule has 4 amide bonds. The Balaban J connectivity index is 0.000000212. The topological polar surface area (TPSA) is 400 Å². The summed E-state index contributed by atoms with van der Waals surface area (Å²) in [5.41, 5.74) is -10.6. The van der Waals surface area contributed by atoms with E-state index in [-0.39, 0.29) is 81.4 Å². The zero-order valence-corrected chi connectivity index (χ0v) is 72.3. The second kappa shape index (κ2) is 37.2. The number of aliphatic carboxylic acids is 1. The fraction of sp³-hybridized carbons (Fsp3) is 0.675. The van der Waals surface area contributed by atoms with E-state index < -0.39 is 181 Å². The number of halogens is 6. The van der Waals surface area contributed by atoms with E-state index in [0.717, 1.165) is 43.9 Å². The summed E-state index contributed by atoms with van der Waals surface area (Å²) >= 11 is 0. The molecule has 4 saturated carbocycles. The number of hydrogen-bond acceptors (Lipinski definition) is 26. The molecule has 0 unspecified atom stereocenters. The van der Waals surface area contributed by atoms with Crippen molar-refractivity contribution in [3.63, 3.8) is 0 Å². The van der Waals surface area contributed by atoms with Crippen molar-refractivity contribution in [3.05, 3.63) is 60.9 Å². The molecule has 676 valence electrons. The van der Waals surface area contributed by atoms with Gasteiger partial charge in [-0.3, -0.25) is 43.3 Å². The number of Topliss-reactive ketones (excluding diaryl/α,β-unsaturated/α-hetero) is 2. The largest absolute Gasteiger partial charge is 0.497 e. The molecule has 4 aromatic rings. The maximum absolute atomic E-state index is 14.7. The lowest BCUT2D eigenvalue weighted by molar-refractivity contribution is -0.257. The highest BCUT2D eigenvalue weighted by Crippen LogP contribution is 2.60. The van der Waals surface area contributed by atoms with E-state index in [0.29, 0.717) is 107 Å². The number of likely N-dealkylation sites (tertiary alicyclic amines) is 2. The highest BCUT2D eigenvalue weighted by atomic mass is 32.2. The van der Waals surface area contributed by atoms with E-state index in [1.165, 1.54) is 23.1 Å². The summed E-state index contributed by atoms with van der Waals surface area (Å²) in [6, 6.07) is 12.2. The molecule has 12 rings (SSSR count). The van der Waals surface area contributed by atoms with Crippen molar-refractivity contribution >= 4 is 95.4 Å². The van der Waals surface area contributed by atoms with Gasteiger partial charge >= 0.3 is 57.0 Å². The predicted octanol–water partition coefficient (Wildman–Crippen LogP) is 11.9. The number of carbonyl (C=O) groups is 9. The lowest BCUT2D eigenvalue weighted by atomic mass is 9.82. The molecule has 8 fully saturated rings. The van der Waals surface area contributed by atoms with E-state index in [1.807, 2.05) is 36.8 Å². The first-order chi connectivity index (χ1) is 56.8. The van der Waals surface area contributed by atoms with Crippen LogP contribution in [0.25, 0.3) is 21.5 Å². The molecule has 4 aliphatic heterocycles. The Labute approximate surface area is 704 Å². The van der Waals surface area contributed by atoms with Crippen molar-refractivity contribution in [2.45, 2.75) is 256 Å². The normalized spacial score (nSPS) is 24.5. The highest BCUT2D eigenvalue weighted by molar-refractivity contribution is 7.85. The molecule has 8 aliphatic rings. The Bertz CT molecular complexity index is 4780. The zero-order chi connectivity index (χ0) is 89.9. The lowest BCUT2D eigenvalue weighted by Gasteiger charge is -2.35. The molecule has 0 spiro atoms. The second-order valence-corrected chi connectivity index (χ2v) is 37.9. The Hall–Kier alpha value is -8.79. The molecule has 3 N–H and O–H groups in total. The number of fused-ring (bicyclic) bond motifs is 2. The number of benzene rings is 2. The van der Waals surface area contributed by atoms with Gasteiger partial charge in [-0.2, -0.15) is 43.2 Å². The molecule has 6 heterocycles. The Kier molecular flexibility index (Phi) is 29.1. The van der Waals surface area contributed by atoms with Gasteiger partial charge in [-0.1, -0.05) is 26.7 Å². The maximum Gasteiger partial charge on any atom is 0.427 e. The van der Waals surface area contributed by atoms with Gasteiger partial charge < -0.3 is 52.6 Å². The van der Waals surface area contributed by atoms with Crippen LogP contribution in [0.4, 0.5) is 31.1 Å². The van der Waals surface area contributed by atoms with Gasteiger partial charge in [0.1, 0.15) is 29.3 Å². The number of nitrogens with zero attached hydrogens (tertiary/aromatic N) is 4. The number of rotatable bonds is 32. The van der Waals surface area contributed by atoms with Crippen LogP contribution in [0, 0.1) is 46.3 Å². The molecule has 2 aromatic carbocycles. The number of esters is 2. The number of hydrogen-bond donors (Lipinski definition) is 3. The van der Waals surface area contributed by atoms with E-state index in [9.17, 15) is 86.3 Å². The SMILES string of the molecule is CC(C)(OC(=O)C[C@H](C(=O)O)C1CCOCC1)C(F)(F)F.CC[C@@H]1C[C@]1(CC(=O)[C@@H]1C[C@@H](Oc2nccc3cc(OC)ccc23)CN1C(=O)OC(C)(C)C)C(=O)NS(=O)(=O)OC1(C)CC1.CC[C@@H]1C[C@]1(CC(=O)[C@@H]1C[C@@H](Oc2nccc3cc(OC)ccc23)CN1C(=O)[C@@H](CC(=O)OC(C)(C)C(F)(F)F)C1CCOCC1)C(=O)NS(=O)(=O)OC1(C)CC1. The van der Waals surface area contributed by atoms with Crippen LogP contribution in [-0.4, -0.2) is 213 Å². The quantitative estimate of drug-likeness (QED) is 0.0232. The van der Waals surface area contributed by atoms with E-state index >= 15 is 0 Å².